The molecular weight excluding hydrogens is 328 g/mol. The number of hydrogen-bond acceptors (Lipinski definition) is 4. The van der Waals surface area contributed by atoms with Gasteiger partial charge in [-0.15, -0.1) is 0 Å². The van der Waals surface area contributed by atoms with Gasteiger partial charge in [0.2, 0.25) is 5.91 Å². The number of rotatable bonds is 5. The monoisotopic (exact) mass is 356 g/mol. The summed E-state index contributed by atoms with van der Waals surface area (Å²) in [4.78, 5) is 12.6. The first kappa shape index (κ1) is 17.4. The molecule has 140 valence electrons. The van der Waals surface area contributed by atoms with Crippen molar-refractivity contribution in [3.63, 3.8) is 0 Å². The number of benzene rings is 1. The quantitative estimate of drug-likeness (QED) is 0.854. The van der Waals surface area contributed by atoms with Gasteiger partial charge in [-0.3, -0.25) is 4.79 Å². The summed E-state index contributed by atoms with van der Waals surface area (Å²) in [6, 6.07) is 6.90. The molecule has 0 radical (unpaired) electrons. The van der Waals surface area contributed by atoms with Crippen LogP contribution in [0.5, 0.6) is 5.75 Å². The Hall–Kier alpha value is -2.01. The number of amides is 1. The standard InChI is InChI=1S/C21H28N2O3/c1-12-18-11-17(25-3)6-7-19(18)26-21(12)13(2)22-20(24)10-14-8-15-4-5-16(9-14)23-15/h6-7,11,13-16,23H,4-5,8-10H2,1-3H3,(H,22,24). The summed E-state index contributed by atoms with van der Waals surface area (Å²) >= 11 is 0. The van der Waals surface area contributed by atoms with E-state index in [1.54, 1.807) is 7.11 Å². The molecule has 5 nitrogen and oxygen atoms in total. The van der Waals surface area contributed by atoms with E-state index in [0.29, 0.717) is 24.4 Å². The number of carbonyl (C=O) groups excluding carboxylic acids is 1. The highest BCUT2D eigenvalue weighted by Gasteiger charge is 2.34. The summed E-state index contributed by atoms with van der Waals surface area (Å²) in [6.45, 7) is 4.03. The number of fused-ring (bicyclic) bond motifs is 3. The van der Waals surface area contributed by atoms with E-state index in [2.05, 4.69) is 10.6 Å². The van der Waals surface area contributed by atoms with Crippen molar-refractivity contribution < 1.29 is 13.9 Å². The minimum Gasteiger partial charge on any atom is -0.497 e. The van der Waals surface area contributed by atoms with E-state index >= 15 is 0 Å². The molecule has 2 N–H and O–H groups in total. The fourth-order valence-electron chi connectivity index (χ4n) is 4.73. The van der Waals surface area contributed by atoms with Crippen LogP contribution < -0.4 is 15.4 Å². The van der Waals surface area contributed by atoms with Crippen LogP contribution in [0.2, 0.25) is 0 Å². The minimum atomic E-state index is -0.140. The Morgan fingerprint density at radius 1 is 1.35 bits per heavy atom. The second-order valence-electron chi connectivity index (χ2n) is 7.92. The van der Waals surface area contributed by atoms with Crippen LogP contribution in [0.15, 0.2) is 22.6 Å². The fraction of sp³-hybridized carbons (Fsp3) is 0.571. The smallest absolute Gasteiger partial charge is 0.220 e. The molecule has 3 heterocycles. The normalized spacial score (nSPS) is 26.0. The Kier molecular flexibility index (Phi) is 4.65. The predicted molar refractivity (Wildman–Crippen MR) is 101 cm³/mol. The van der Waals surface area contributed by atoms with Gasteiger partial charge in [0, 0.05) is 29.5 Å². The second kappa shape index (κ2) is 6.95. The number of aryl methyl sites for hydroxylation is 1. The maximum atomic E-state index is 12.6. The number of carbonyl (C=O) groups is 1. The second-order valence-corrected chi connectivity index (χ2v) is 7.92. The van der Waals surface area contributed by atoms with Crippen LogP contribution in [0.3, 0.4) is 0 Å². The average Bonchev–Trinajstić information content (AvgIpc) is 3.13. The Labute approximate surface area is 154 Å². The third kappa shape index (κ3) is 3.32. The fourth-order valence-corrected chi connectivity index (χ4v) is 4.73. The van der Waals surface area contributed by atoms with Gasteiger partial charge in [0.05, 0.1) is 13.2 Å². The molecule has 0 spiro atoms. The molecule has 2 aliphatic rings. The number of ether oxygens (including phenoxy) is 1. The number of nitrogens with one attached hydrogen (secondary N) is 2. The van der Waals surface area contributed by atoms with Crippen LogP contribution in [0.1, 0.15) is 56.4 Å². The Morgan fingerprint density at radius 2 is 2.08 bits per heavy atom. The Morgan fingerprint density at radius 3 is 2.77 bits per heavy atom. The number of hydrogen-bond donors (Lipinski definition) is 2. The summed E-state index contributed by atoms with van der Waals surface area (Å²) in [7, 11) is 1.66. The molecule has 3 atom stereocenters. The van der Waals surface area contributed by atoms with E-state index in [1.165, 1.54) is 12.8 Å². The van der Waals surface area contributed by atoms with Gasteiger partial charge >= 0.3 is 0 Å². The van der Waals surface area contributed by atoms with E-state index in [0.717, 1.165) is 40.9 Å². The molecule has 1 amide bonds. The summed E-state index contributed by atoms with van der Waals surface area (Å²) in [5, 5.41) is 7.81. The van der Waals surface area contributed by atoms with Gasteiger partial charge in [0.1, 0.15) is 17.1 Å². The van der Waals surface area contributed by atoms with Crippen LogP contribution >= 0.6 is 0 Å². The zero-order valence-corrected chi connectivity index (χ0v) is 15.8. The van der Waals surface area contributed by atoms with Crippen LogP contribution in [-0.2, 0) is 4.79 Å². The van der Waals surface area contributed by atoms with Crippen molar-refractivity contribution in [2.75, 3.05) is 7.11 Å². The molecule has 2 aromatic rings. The van der Waals surface area contributed by atoms with Gasteiger partial charge in [0.25, 0.3) is 0 Å². The van der Waals surface area contributed by atoms with Gasteiger partial charge < -0.3 is 19.8 Å². The Balaban J connectivity index is 1.42. The summed E-state index contributed by atoms with van der Waals surface area (Å²) in [5.74, 6) is 2.26. The van der Waals surface area contributed by atoms with Gasteiger partial charge in [-0.1, -0.05) is 0 Å². The molecule has 3 unspecified atom stereocenters. The maximum absolute atomic E-state index is 12.6. The van der Waals surface area contributed by atoms with E-state index in [1.807, 2.05) is 32.0 Å². The van der Waals surface area contributed by atoms with E-state index in [9.17, 15) is 4.79 Å². The van der Waals surface area contributed by atoms with Crippen LogP contribution in [0, 0.1) is 12.8 Å². The van der Waals surface area contributed by atoms with Gasteiger partial charge in [-0.25, -0.2) is 0 Å². The highest BCUT2D eigenvalue weighted by atomic mass is 16.5. The Bertz CT molecular complexity index is 801. The molecule has 1 aromatic carbocycles. The average molecular weight is 356 g/mol. The van der Waals surface area contributed by atoms with Gasteiger partial charge in [-0.2, -0.15) is 0 Å². The topological polar surface area (TPSA) is 63.5 Å². The van der Waals surface area contributed by atoms with Crippen molar-refractivity contribution in [3.8, 4) is 5.75 Å². The molecule has 4 rings (SSSR count). The lowest BCUT2D eigenvalue weighted by molar-refractivity contribution is -0.123. The zero-order valence-electron chi connectivity index (χ0n) is 15.8. The highest BCUT2D eigenvalue weighted by Crippen LogP contribution is 2.34. The van der Waals surface area contributed by atoms with Crippen molar-refractivity contribution in [3.05, 3.63) is 29.5 Å². The number of furan rings is 1. The zero-order chi connectivity index (χ0) is 18.3. The molecule has 1 aromatic heterocycles. The molecule has 5 heteroatoms. The first-order valence-electron chi connectivity index (χ1n) is 9.66. The largest absolute Gasteiger partial charge is 0.497 e. The molecule has 0 aliphatic carbocycles. The van der Waals surface area contributed by atoms with E-state index in [4.69, 9.17) is 9.15 Å². The van der Waals surface area contributed by atoms with Crippen molar-refractivity contribution in [2.24, 2.45) is 5.92 Å². The summed E-state index contributed by atoms with van der Waals surface area (Å²) in [5.41, 5.74) is 1.89. The lowest BCUT2D eigenvalue weighted by Gasteiger charge is -2.29. The third-order valence-corrected chi connectivity index (χ3v) is 6.00. The lowest BCUT2D eigenvalue weighted by Crippen LogP contribution is -2.40. The molecule has 0 saturated carbocycles. The maximum Gasteiger partial charge on any atom is 0.220 e. The molecule has 2 fully saturated rings. The van der Waals surface area contributed by atoms with Crippen LogP contribution in [-0.4, -0.2) is 25.1 Å². The van der Waals surface area contributed by atoms with Crippen molar-refractivity contribution in [1.29, 1.82) is 0 Å². The third-order valence-electron chi connectivity index (χ3n) is 6.00. The molecular formula is C21H28N2O3. The first-order valence-corrected chi connectivity index (χ1v) is 9.66. The first-order chi connectivity index (χ1) is 12.5. The summed E-state index contributed by atoms with van der Waals surface area (Å²) < 4.78 is 11.3. The minimum absolute atomic E-state index is 0.126. The van der Waals surface area contributed by atoms with E-state index in [-0.39, 0.29) is 11.9 Å². The predicted octanol–water partition coefficient (Wildman–Crippen LogP) is 3.85. The molecule has 2 saturated heterocycles. The van der Waals surface area contributed by atoms with Crippen molar-refractivity contribution in [1.82, 2.24) is 10.6 Å². The van der Waals surface area contributed by atoms with Crippen molar-refractivity contribution >= 4 is 16.9 Å². The number of methoxy groups -OCH3 is 1. The van der Waals surface area contributed by atoms with Gasteiger partial charge in [0.15, 0.2) is 0 Å². The summed E-state index contributed by atoms with van der Waals surface area (Å²) in [6.07, 6.45) is 5.40. The lowest BCUT2D eigenvalue weighted by atomic mass is 9.89. The molecule has 26 heavy (non-hydrogen) atoms. The highest BCUT2D eigenvalue weighted by molar-refractivity contribution is 5.84. The van der Waals surface area contributed by atoms with Crippen LogP contribution in [0.25, 0.3) is 11.0 Å². The number of piperidine rings is 1. The SMILES string of the molecule is COc1ccc2oc(C(C)NC(=O)CC3CC4CCC(C3)N4)c(C)c2c1. The molecule has 2 aliphatic heterocycles. The van der Waals surface area contributed by atoms with Gasteiger partial charge in [-0.05, 0) is 63.6 Å². The van der Waals surface area contributed by atoms with Crippen LogP contribution in [0.4, 0.5) is 0 Å². The van der Waals surface area contributed by atoms with Crippen molar-refractivity contribution in [2.45, 2.75) is 64.1 Å². The van der Waals surface area contributed by atoms with E-state index < -0.39 is 0 Å². The molecule has 2 bridgehead atoms.